The second-order valence-corrected chi connectivity index (χ2v) is 9.70. The molecule has 4 aromatic rings. The van der Waals surface area contributed by atoms with E-state index < -0.39 is 0 Å². The number of hydrogen-bond acceptors (Lipinski definition) is 7. The predicted molar refractivity (Wildman–Crippen MR) is 121 cm³/mol. The van der Waals surface area contributed by atoms with E-state index in [9.17, 15) is 4.79 Å². The van der Waals surface area contributed by atoms with Gasteiger partial charge in [-0.1, -0.05) is 36.9 Å². The highest BCUT2D eigenvalue weighted by atomic mass is 32.2. The molecule has 1 aromatic carbocycles. The van der Waals surface area contributed by atoms with Crippen molar-refractivity contribution in [3.63, 3.8) is 0 Å². The van der Waals surface area contributed by atoms with Crippen LogP contribution in [0.25, 0.3) is 22.1 Å². The first-order valence-corrected chi connectivity index (χ1v) is 11.9. The molecule has 9 heteroatoms. The molecule has 0 saturated heterocycles. The second kappa shape index (κ2) is 7.96. The first-order valence-electron chi connectivity index (χ1n) is 10.2. The second-order valence-electron chi connectivity index (χ2n) is 7.44. The van der Waals surface area contributed by atoms with Crippen molar-refractivity contribution in [3.8, 4) is 0 Å². The third kappa shape index (κ3) is 3.45. The molecule has 0 bridgehead atoms. The number of aromatic nitrogens is 5. The number of anilines is 1. The van der Waals surface area contributed by atoms with E-state index in [0.717, 1.165) is 40.6 Å². The van der Waals surface area contributed by atoms with Gasteiger partial charge in [0.15, 0.2) is 10.8 Å². The normalized spacial score (nSPS) is 14.7. The van der Waals surface area contributed by atoms with Gasteiger partial charge in [0.05, 0.1) is 16.5 Å². The fraction of sp³-hybridized carbons (Fsp3) is 0.381. The number of carbonyl (C=O) groups is 1. The number of rotatable bonds is 5. The van der Waals surface area contributed by atoms with Crippen LogP contribution in [0.3, 0.4) is 0 Å². The van der Waals surface area contributed by atoms with Crippen LogP contribution >= 0.6 is 23.1 Å². The zero-order chi connectivity index (χ0) is 20.7. The third-order valence-corrected chi connectivity index (χ3v) is 7.76. The number of carbonyl (C=O) groups excluding carboxylic acids is 1. The van der Waals surface area contributed by atoms with Crippen molar-refractivity contribution in [2.24, 2.45) is 7.05 Å². The summed E-state index contributed by atoms with van der Waals surface area (Å²) in [5.41, 5.74) is 3.77. The number of amides is 1. The highest BCUT2D eigenvalue weighted by molar-refractivity contribution is 8.00. The minimum Gasteiger partial charge on any atom is -0.327 e. The Bertz CT molecular complexity index is 1220. The summed E-state index contributed by atoms with van der Waals surface area (Å²) in [6, 6.07) is 8.05. The Hall–Kier alpha value is -2.52. The maximum Gasteiger partial charge on any atom is 0.239 e. The summed E-state index contributed by atoms with van der Waals surface area (Å²) in [6.45, 7) is 1.99. The number of benzene rings is 1. The number of nitrogens with one attached hydrogen (secondary N) is 1. The standard InChI is InChI=1S/C21H22N6OS2/c1-3-15(19(28)24-20-22-13-9-5-7-11-16(13)30-20)29-21-23-18-17(25-26-21)12-8-4-6-10-14(12)27(18)2/h4,6,8,10,15H,3,5,7,9,11H2,1-2H3,(H,22,24,28)/t15-/m0/s1. The highest BCUT2D eigenvalue weighted by Crippen LogP contribution is 2.31. The summed E-state index contributed by atoms with van der Waals surface area (Å²) in [5.74, 6) is -0.0608. The molecule has 0 saturated carbocycles. The van der Waals surface area contributed by atoms with Crippen molar-refractivity contribution in [2.45, 2.75) is 49.4 Å². The first-order chi connectivity index (χ1) is 14.6. The summed E-state index contributed by atoms with van der Waals surface area (Å²) in [7, 11) is 1.97. The van der Waals surface area contributed by atoms with E-state index in [1.165, 1.54) is 29.5 Å². The van der Waals surface area contributed by atoms with E-state index in [0.29, 0.717) is 16.7 Å². The molecule has 30 heavy (non-hydrogen) atoms. The molecule has 3 aromatic heterocycles. The Morgan fingerprint density at radius 3 is 2.90 bits per heavy atom. The molecule has 154 valence electrons. The number of thiazole rings is 1. The summed E-state index contributed by atoms with van der Waals surface area (Å²) in [5, 5.41) is 13.6. The van der Waals surface area contributed by atoms with Crippen LogP contribution in [0.1, 0.15) is 36.8 Å². The lowest BCUT2D eigenvalue weighted by atomic mass is 10.0. The fourth-order valence-corrected chi connectivity index (χ4v) is 5.75. The maximum absolute atomic E-state index is 12.9. The molecular weight excluding hydrogens is 416 g/mol. The van der Waals surface area contributed by atoms with Crippen molar-refractivity contribution >= 4 is 56.2 Å². The number of fused-ring (bicyclic) bond motifs is 4. The van der Waals surface area contributed by atoms with Crippen LogP contribution in [0.15, 0.2) is 29.4 Å². The minimum absolute atomic E-state index is 0.0608. The molecule has 1 aliphatic carbocycles. The van der Waals surface area contributed by atoms with Crippen molar-refractivity contribution in [1.82, 2.24) is 24.7 Å². The Balaban J connectivity index is 1.37. The summed E-state index contributed by atoms with van der Waals surface area (Å²) < 4.78 is 2.02. The fourth-order valence-electron chi connectivity index (χ4n) is 3.88. The summed E-state index contributed by atoms with van der Waals surface area (Å²) in [4.78, 5) is 23.5. The van der Waals surface area contributed by atoms with Gasteiger partial charge in [-0.25, -0.2) is 9.97 Å². The lowest BCUT2D eigenvalue weighted by Crippen LogP contribution is -2.24. The molecule has 3 heterocycles. The predicted octanol–water partition coefficient (Wildman–Crippen LogP) is 4.36. The lowest BCUT2D eigenvalue weighted by Gasteiger charge is -2.12. The molecule has 5 rings (SSSR count). The van der Waals surface area contributed by atoms with Crippen molar-refractivity contribution in [2.75, 3.05) is 5.32 Å². The van der Waals surface area contributed by atoms with Gasteiger partial charge in [0.25, 0.3) is 0 Å². The van der Waals surface area contributed by atoms with E-state index in [2.05, 4.69) is 20.5 Å². The maximum atomic E-state index is 12.9. The summed E-state index contributed by atoms with van der Waals surface area (Å²) in [6.07, 6.45) is 5.13. The Labute approximate surface area is 182 Å². The molecule has 0 radical (unpaired) electrons. The van der Waals surface area contributed by atoms with Crippen LogP contribution in [0.4, 0.5) is 5.13 Å². The highest BCUT2D eigenvalue weighted by Gasteiger charge is 2.23. The largest absolute Gasteiger partial charge is 0.327 e. The van der Waals surface area contributed by atoms with Crippen LogP contribution in [-0.4, -0.2) is 35.9 Å². The number of aryl methyl sites for hydroxylation is 3. The number of para-hydroxylation sites is 1. The SMILES string of the molecule is CC[C@H](Sc1nnc2c3ccccc3n(C)c2n1)C(=O)Nc1nc2c(s1)CCCC2. The van der Waals surface area contributed by atoms with Gasteiger partial charge in [-0.05, 0) is 38.2 Å². The van der Waals surface area contributed by atoms with Gasteiger partial charge >= 0.3 is 0 Å². The molecule has 1 amide bonds. The van der Waals surface area contributed by atoms with Gasteiger partial charge in [-0.15, -0.1) is 21.5 Å². The van der Waals surface area contributed by atoms with Crippen molar-refractivity contribution in [1.29, 1.82) is 0 Å². The first kappa shape index (κ1) is 19.4. The van der Waals surface area contributed by atoms with Gasteiger partial charge in [0.1, 0.15) is 5.52 Å². The minimum atomic E-state index is -0.306. The van der Waals surface area contributed by atoms with Gasteiger partial charge in [-0.3, -0.25) is 4.79 Å². The molecule has 7 nitrogen and oxygen atoms in total. The number of nitrogens with zero attached hydrogens (tertiary/aromatic N) is 5. The molecule has 0 spiro atoms. The molecule has 0 unspecified atom stereocenters. The van der Waals surface area contributed by atoms with Crippen LogP contribution in [0, 0.1) is 0 Å². The van der Waals surface area contributed by atoms with E-state index >= 15 is 0 Å². The van der Waals surface area contributed by atoms with Gasteiger partial charge < -0.3 is 9.88 Å². The Morgan fingerprint density at radius 1 is 1.23 bits per heavy atom. The molecule has 1 atom stereocenters. The van der Waals surface area contributed by atoms with E-state index in [1.54, 1.807) is 11.3 Å². The lowest BCUT2D eigenvalue weighted by molar-refractivity contribution is -0.115. The Morgan fingerprint density at radius 2 is 2.07 bits per heavy atom. The van der Waals surface area contributed by atoms with Crippen LogP contribution in [-0.2, 0) is 24.7 Å². The van der Waals surface area contributed by atoms with Gasteiger partial charge in [-0.2, -0.15) is 0 Å². The van der Waals surface area contributed by atoms with Crippen molar-refractivity contribution < 1.29 is 4.79 Å². The molecule has 1 N–H and O–H groups in total. The van der Waals surface area contributed by atoms with Crippen LogP contribution < -0.4 is 5.32 Å². The van der Waals surface area contributed by atoms with Gasteiger partial charge in [0.2, 0.25) is 11.1 Å². The van der Waals surface area contributed by atoms with Crippen molar-refractivity contribution in [3.05, 3.63) is 34.8 Å². The Kier molecular flexibility index (Phi) is 5.16. The smallest absolute Gasteiger partial charge is 0.239 e. The molecule has 0 aliphatic heterocycles. The molecule has 1 aliphatic rings. The van der Waals surface area contributed by atoms with Crippen LogP contribution in [0.5, 0.6) is 0 Å². The van der Waals surface area contributed by atoms with E-state index in [1.807, 2.05) is 42.8 Å². The number of thioether (sulfide) groups is 1. The molecule has 0 fully saturated rings. The quantitative estimate of drug-likeness (QED) is 0.466. The van der Waals surface area contributed by atoms with E-state index in [-0.39, 0.29) is 11.2 Å². The summed E-state index contributed by atoms with van der Waals surface area (Å²) >= 11 is 2.96. The zero-order valence-corrected chi connectivity index (χ0v) is 18.5. The zero-order valence-electron chi connectivity index (χ0n) is 16.9. The third-order valence-electron chi connectivity index (χ3n) is 5.47. The average Bonchev–Trinajstić information content (AvgIpc) is 3.30. The van der Waals surface area contributed by atoms with Gasteiger partial charge in [0, 0.05) is 17.3 Å². The molecular formula is C21H22N6OS2. The average molecular weight is 439 g/mol. The van der Waals surface area contributed by atoms with E-state index in [4.69, 9.17) is 4.98 Å². The number of hydrogen-bond donors (Lipinski definition) is 1. The topological polar surface area (TPSA) is 85.6 Å². The van der Waals surface area contributed by atoms with Crippen LogP contribution in [0.2, 0.25) is 0 Å². The monoisotopic (exact) mass is 438 g/mol.